The molecule has 2 fully saturated rings. The largest absolute Gasteiger partial charge is 0.325 e. The number of benzene rings is 1. The van der Waals surface area contributed by atoms with Crippen molar-refractivity contribution in [2.75, 3.05) is 11.9 Å². The lowest BCUT2D eigenvalue weighted by molar-refractivity contribution is -0.121. The van der Waals surface area contributed by atoms with Crippen LogP contribution in [0.4, 0.5) is 5.69 Å². The van der Waals surface area contributed by atoms with Gasteiger partial charge in [-0.1, -0.05) is 12.5 Å². The number of carbonyl (C=O) groups excluding carboxylic acids is 1. The van der Waals surface area contributed by atoms with E-state index in [-0.39, 0.29) is 11.9 Å². The van der Waals surface area contributed by atoms with E-state index >= 15 is 0 Å². The van der Waals surface area contributed by atoms with Crippen LogP contribution in [0.5, 0.6) is 0 Å². The summed E-state index contributed by atoms with van der Waals surface area (Å²) in [6.45, 7) is 1.05. The van der Waals surface area contributed by atoms with Gasteiger partial charge in [-0.2, -0.15) is 0 Å². The third-order valence-corrected chi connectivity index (χ3v) is 4.87. The molecule has 1 atom stereocenters. The van der Waals surface area contributed by atoms with Gasteiger partial charge < -0.3 is 5.32 Å². The van der Waals surface area contributed by atoms with Gasteiger partial charge >= 0.3 is 0 Å². The summed E-state index contributed by atoms with van der Waals surface area (Å²) in [4.78, 5) is 15.1. The Kier molecular flexibility index (Phi) is 3.78. The minimum atomic E-state index is 0.0111. The summed E-state index contributed by atoms with van der Waals surface area (Å²) in [5.74, 6) is 0.100. The van der Waals surface area contributed by atoms with Crippen molar-refractivity contribution >= 4 is 11.6 Å². The third kappa shape index (κ3) is 2.84. The van der Waals surface area contributed by atoms with Crippen molar-refractivity contribution < 1.29 is 4.79 Å². The van der Waals surface area contributed by atoms with Crippen molar-refractivity contribution in [3.8, 4) is 5.69 Å². The number of anilines is 1. The lowest BCUT2D eigenvalue weighted by Crippen LogP contribution is -2.48. The van der Waals surface area contributed by atoms with Crippen LogP contribution in [0.3, 0.4) is 0 Å². The molecule has 1 aromatic heterocycles. The Labute approximate surface area is 134 Å². The first kappa shape index (κ1) is 14.3. The summed E-state index contributed by atoms with van der Waals surface area (Å²) in [6, 6.07) is 8.20. The molecule has 1 saturated carbocycles. The van der Waals surface area contributed by atoms with Crippen LogP contribution in [0.1, 0.15) is 32.1 Å². The van der Waals surface area contributed by atoms with Crippen LogP contribution in [0.2, 0.25) is 0 Å². The Bertz CT molecular complexity index is 682. The molecule has 4 rings (SSSR count). The van der Waals surface area contributed by atoms with E-state index in [1.54, 1.807) is 4.68 Å². The molecule has 1 aliphatic carbocycles. The van der Waals surface area contributed by atoms with E-state index in [4.69, 9.17) is 0 Å². The summed E-state index contributed by atoms with van der Waals surface area (Å²) in [5.41, 5.74) is 1.61. The molecule has 2 aromatic rings. The quantitative estimate of drug-likeness (QED) is 0.928. The van der Waals surface area contributed by atoms with Crippen LogP contribution in [-0.4, -0.2) is 49.6 Å². The van der Waals surface area contributed by atoms with E-state index in [0.29, 0.717) is 6.04 Å². The van der Waals surface area contributed by atoms with E-state index in [9.17, 15) is 4.79 Å². The standard InChI is InChI=1S/C16H20N6O/c23-16(15-8-3-9-21(15)13-5-2-6-13)18-12-4-1-7-14(10-12)22-11-17-19-20-22/h1,4,7,10-11,13,15H,2-3,5-6,8-9H2,(H,18,23). The summed E-state index contributed by atoms with van der Waals surface area (Å²) < 4.78 is 1.58. The molecule has 0 radical (unpaired) electrons. The number of nitrogens with zero attached hydrogens (tertiary/aromatic N) is 5. The van der Waals surface area contributed by atoms with Crippen LogP contribution in [-0.2, 0) is 4.79 Å². The molecule has 0 spiro atoms. The average Bonchev–Trinajstić information content (AvgIpc) is 3.17. The molecule has 1 saturated heterocycles. The number of hydrogen-bond acceptors (Lipinski definition) is 5. The number of aromatic nitrogens is 4. The van der Waals surface area contributed by atoms with Crippen molar-refractivity contribution in [3.05, 3.63) is 30.6 Å². The second-order valence-electron chi connectivity index (χ2n) is 6.27. The van der Waals surface area contributed by atoms with Crippen LogP contribution in [0, 0.1) is 0 Å². The van der Waals surface area contributed by atoms with Crippen LogP contribution in [0.15, 0.2) is 30.6 Å². The lowest BCUT2D eigenvalue weighted by Gasteiger charge is -2.38. The Morgan fingerprint density at radius 3 is 2.87 bits per heavy atom. The zero-order valence-corrected chi connectivity index (χ0v) is 12.9. The highest BCUT2D eigenvalue weighted by Crippen LogP contribution is 2.31. The Hall–Kier alpha value is -2.28. The summed E-state index contributed by atoms with van der Waals surface area (Å²) in [7, 11) is 0. The van der Waals surface area contributed by atoms with Crippen molar-refractivity contribution in [1.29, 1.82) is 0 Å². The minimum Gasteiger partial charge on any atom is -0.325 e. The molecule has 120 valence electrons. The fraction of sp³-hybridized carbons (Fsp3) is 0.500. The van der Waals surface area contributed by atoms with Crippen LogP contribution >= 0.6 is 0 Å². The number of carbonyl (C=O) groups is 1. The molecule has 1 N–H and O–H groups in total. The maximum absolute atomic E-state index is 12.7. The number of tetrazole rings is 1. The molecule has 2 aliphatic rings. The highest BCUT2D eigenvalue weighted by atomic mass is 16.2. The van der Waals surface area contributed by atoms with Gasteiger partial charge in [0.05, 0.1) is 11.7 Å². The molecule has 0 bridgehead atoms. The van der Waals surface area contributed by atoms with Gasteiger partial charge in [0.25, 0.3) is 0 Å². The summed E-state index contributed by atoms with van der Waals surface area (Å²) in [5, 5.41) is 14.2. The van der Waals surface area contributed by atoms with Gasteiger partial charge in [0.15, 0.2) is 0 Å². The lowest BCUT2D eigenvalue weighted by atomic mass is 9.91. The van der Waals surface area contributed by atoms with Gasteiger partial charge in [0.2, 0.25) is 5.91 Å². The third-order valence-electron chi connectivity index (χ3n) is 4.87. The number of nitrogens with one attached hydrogen (secondary N) is 1. The van der Waals surface area contributed by atoms with E-state index in [1.807, 2.05) is 24.3 Å². The molecule has 1 aromatic carbocycles. The highest BCUT2D eigenvalue weighted by molar-refractivity contribution is 5.95. The maximum atomic E-state index is 12.7. The first-order chi connectivity index (χ1) is 11.3. The molecule has 1 amide bonds. The Morgan fingerprint density at radius 1 is 1.22 bits per heavy atom. The van der Waals surface area contributed by atoms with Crippen molar-refractivity contribution in [3.63, 3.8) is 0 Å². The van der Waals surface area contributed by atoms with E-state index < -0.39 is 0 Å². The average molecular weight is 312 g/mol. The van der Waals surface area contributed by atoms with E-state index in [2.05, 4.69) is 25.7 Å². The van der Waals surface area contributed by atoms with Gasteiger partial charge in [-0.15, -0.1) is 5.10 Å². The van der Waals surface area contributed by atoms with E-state index in [1.165, 1.54) is 25.6 Å². The summed E-state index contributed by atoms with van der Waals surface area (Å²) >= 11 is 0. The fourth-order valence-corrected chi connectivity index (χ4v) is 3.46. The SMILES string of the molecule is O=C(Nc1cccc(-n2cnnn2)c1)C1CCCN1C1CCC1. The van der Waals surface area contributed by atoms with E-state index in [0.717, 1.165) is 30.8 Å². The smallest absolute Gasteiger partial charge is 0.241 e. The van der Waals surface area contributed by atoms with Crippen LogP contribution in [0.25, 0.3) is 5.69 Å². The van der Waals surface area contributed by atoms with Gasteiger partial charge in [-0.05, 0) is 60.9 Å². The Balaban J connectivity index is 1.47. The summed E-state index contributed by atoms with van der Waals surface area (Å²) in [6.07, 6.45) is 7.37. The highest BCUT2D eigenvalue weighted by Gasteiger charge is 2.37. The second kappa shape index (κ2) is 6.08. The molecule has 1 unspecified atom stereocenters. The Morgan fingerprint density at radius 2 is 2.13 bits per heavy atom. The van der Waals surface area contributed by atoms with Crippen molar-refractivity contribution in [1.82, 2.24) is 25.1 Å². The number of rotatable bonds is 4. The van der Waals surface area contributed by atoms with Gasteiger partial charge in [-0.3, -0.25) is 9.69 Å². The van der Waals surface area contributed by atoms with Gasteiger partial charge in [0, 0.05) is 11.7 Å². The monoisotopic (exact) mass is 312 g/mol. The normalized spacial score (nSPS) is 22.0. The predicted octanol–water partition coefficient (Wildman–Crippen LogP) is 1.62. The number of hydrogen-bond donors (Lipinski definition) is 1. The fourth-order valence-electron chi connectivity index (χ4n) is 3.46. The number of likely N-dealkylation sites (tertiary alicyclic amines) is 1. The first-order valence-corrected chi connectivity index (χ1v) is 8.21. The first-order valence-electron chi connectivity index (χ1n) is 8.21. The maximum Gasteiger partial charge on any atom is 0.241 e. The van der Waals surface area contributed by atoms with Crippen LogP contribution < -0.4 is 5.32 Å². The molecule has 23 heavy (non-hydrogen) atoms. The minimum absolute atomic E-state index is 0.0111. The van der Waals surface area contributed by atoms with Crippen molar-refractivity contribution in [2.45, 2.75) is 44.2 Å². The molecule has 7 nitrogen and oxygen atoms in total. The number of amides is 1. The molecular formula is C16H20N6O. The second-order valence-corrected chi connectivity index (χ2v) is 6.27. The molecular weight excluding hydrogens is 292 g/mol. The zero-order chi connectivity index (χ0) is 15.6. The zero-order valence-electron chi connectivity index (χ0n) is 12.9. The van der Waals surface area contributed by atoms with Crippen molar-refractivity contribution in [2.24, 2.45) is 0 Å². The van der Waals surface area contributed by atoms with Gasteiger partial charge in [-0.25, -0.2) is 4.68 Å². The molecule has 1 aliphatic heterocycles. The molecule has 7 heteroatoms. The van der Waals surface area contributed by atoms with Gasteiger partial charge in [0.1, 0.15) is 6.33 Å². The predicted molar refractivity (Wildman–Crippen MR) is 85.2 cm³/mol. The topological polar surface area (TPSA) is 75.9 Å². The molecule has 2 heterocycles.